The third-order valence-electron chi connectivity index (χ3n) is 2.82. The van der Waals surface area contributed by atoms with Gasteiger partial charge >= 0.3 is 0 Å². The highest BCUT2D eigenvalue weighted by Gasteiger charge is 2.26. The number of methoxy groups -OCH3 is 1. The predicted molar refractivity (Wildman–Crippen MR) is 65.1 cm³/mol. The first-order chi connectivity index (χ1) is 8.24. The van der Waals surface area contributed by atoms with Gasteiger partial charge in [-0.05, 0) is 12.7 Å². The van der Waals surface area contributed by atoms with Gasteiger partial charge in [0.25, 0.3) is 5.91 Å². The van der Waals surface area contributed by atoms with Crippen molar-refractivity contribution in [1.82, 2.24) is 14.9 Å². The largest absolute Gasteiger partial charge is 0.380 e. The summed E-state index contributed by atoms with van der Waals surface area (Å²) in [6.45, 7) is 1.39. The molecule has 1 amide bonds. The van der Waals surface area contributed by atoms with Crippen LogP contribution in [0.5, 0.6) is 0 Å². The van der Waals surface area contributed by atoms with Gasteiger partial charge in [-0.3, -0.25) is 4.79 Å². The van der Waals surface area contributed by atoms with Crippen molar-refractivity contribution in [3.05, 3.63) is 18.0 Å². The van der Waals surface area contributed by atoms with Crippen LogP contribution < -0.4 is 0 Å². The van der Waals surface area contributed by atoms with Gasteiger partial charge in [0, 0.05) is 32.6 Å². The number of nitrogens with zero attached hydrogens (tertiary/aromatic N) is 3. The van der Waals surface area contributed by atoms with E-state index < -0.39 is 0 Å². The Balaban J connectivity index is 2.04. The smallest absolute Gasteiger partial charge is 0.257 e. The molecule has 2 rings (SSSR count). The fraction of sp³-hybridized carbons (Fsp3) is 0.545. The van der Waals surface area contributed by atoms with E-state index >= 15 is 0 Å². The van der Waals surface area contributed by atoms with Gasteiger partial charge in [0.05, 0.1) is 11.7 Å². The van der Waals surface area contributed by atoms with Crippen LogP contribution in [0, 0.1) is 0 Å². The van der Waals surface area contributed by atoms with Crippen LogP contribution >= 0.6 is 11.8 Å². The van der Waals surface area contributed by atoms with E-state index in [0.717, 1.165) is 13.0 Å². The maximum atomic E-state index is 12.1. The molecule has 1 saturated heterocycles. The highest BCUT2D eigenvalue weighted by molar-refractivity contribution is 7.98. The Hall–Kier alpha value is -1.14. The maximum absolute atomic E-state index is 12.1. The van der Waals surface area contributed by atoms with E-state index in [4.69, 9.17) is 4.74 Å². The van der Waals surface area contributed by atoms with Crippen LogP contribution in [0.25, 0.3) is 0 Å². The second-order valence-electron chi connectivity index (χ2n) is 3.86. The van der Waals surface area contributed by atoms with Crippen molar-refractivity contribution in [3.8, 4) is 0 Å². The van der Waals surface area contributed by atoms with E-state index in [1.165, 1.54) is 11.8 Å². The van der Waals surface area contributed by atoms with Crippen molar-refractivity contribution in [3.63, 3.8) is 0 Å². The quantitative estimate of drug-likeness (QED) is 0.595. The first-order valence-corrected chi connectivity index (χ1v) is 6.65. The van der Waals surface area contributed by atoms with E-state index in [1.54, 1.807) is 24.4 Å². The van der Waals surface area contributed by atoms with Crippen molar-refractivity contribution in [2.24, 2.45) is 0 Å². The minimum absolute atomic E-state index is 0.0165. The summed E-state index contributed by atoms with van der Waals surface area (Å²) < 4.78 is 5.24. The van der Waals surface area contributed by atoms with Gasteiger partial charge in [-0.15, -0.1) is 0 Å². The first-order valence-electron chi connectivity index (χ1n) is 5.42. The molecule has 0 spiro atoms. The molecule has 6 heteroatoms. The lowest BCUT2D eigenvalue weighted by atomic mass is 10.3. The summed E-state index contributed by atoms with van der Waals surface area (Å²) >= 11 is 1.46. The zero-order chi connectivity index (χ0) is 12.3. The molecule has 0 aromatic carbocycles. The van der Waals surface area contributed by atoms with Crippen LogP contribution in [0.15, 0.2) is 17.6 Å². The Morgan fingerprint density at radius 1 is 1.53 bits per heavy atom. The van der Waals surface area contributed by atoms with Crippen LogP contribution in [0.2, 0.25) is 0 Å². The summed E-state index contributed by atoms with van der Waals surface area (Å²) in [6.07, 6.45) is 6.13. The molecule has 1 fully saturated rings. The van der Waals surface area contributed by atoms with Gasteiger partial charge < -0.3 is 9.64 Å². The number of ether oxygens (including phenoxy) is 1. The minimum Gasteiger partial charge on any atom is -0.380 e. The molecule has 2 heterocycles. The highest BCUT2D eigenvalue weighted by atomic mass is 32.2. The summed E-state index contributed by atoms with van der Waals surface area (Å²) in [6, 6.07) is 0. The Morgan fingerprint density at radius 3 is 2.76 bits per heavy atom. The van der Waals surface area contributed by atoms with Crippen molar-refractivity contribution < 1.29 is 9.53 Å². The van der Waals surface area contributed by atoms with Gasteiger partial charge in [0.2, 0.25) is 0 Å². The number of thioether (sulfide) groups is 1. The normalized spacial score (nSPS) is 19.6. The standard InChI is InChI=1S/C11H15N3O2S/c1-16-9-3-4-14(7-9)10(15)8-5-12-11(17-2)13-6-8/h5-6,9H,3-4,7H2,1-2H3/t9-/m1/s1. The lowest BCUT2D eigenvalue weighted by Gasteiger charge is -2.15. The van der Waals surface area contributed by atoms with Gasteiger partial charge in [0.15, 0.2) is 5.16 Å². The van der Waals surface area contributed by atoms with Crippen LogP contribution in [0.3, 0.4) is 0 Å². The molecular weight excluding hydrogens is 238 g/mol. The second kappa shape index (κ2) is 5.46. The number of amides is 1. The Labute approximate surface area is 105 Å². The van der Waals surface area contributed by atoms with Crippen molar-refractivity contribution in [2.75, 3.05) is 26.5 Å². The summed E-state index contributed by atoms with van der Waals surface area (Å²) in [5, 5.41) is 0.678. The van der Waals surface area contributed by atoms with Gasteiger partial charge in [-0.2, -0.15) is 0 Å². The Kier molecular flexibility index (Phi) is 3.96. The molecule has 1 aliphatic heterocycles. The monoisotopic (exact) mass is 253 g/mol. The van der Waals surface area contributed by atoms with E-state index in [2.05, 4.69) is 9.97 Å². The Bertz CT molecular complexity index is 396. The molecule has 1 aromatic heterocycles. The van der Waals surface area contributed by atoms with E-state index in [1.807, 2.05) is 6.26 Å². The van der Waals surface area contributed by atoms with E-state index in [-0.39, 0.29) is 12.0 Å². The SMILES string of the molecule is CO[C@@H]1CCN(C(=O)c2cnc(SC)nc2)C1. The molecule has 1 aliphatic rings. The minimum atomic E-state index is -0.0165. The molecule has 1 aromatic rings. The lowest BCUT2D eigenvalue weighted by Crippen LogP contribution is -2.30. The average Bonchev–Trinajstić information content (AvgIpc) is 2.87. The molecule has 1 atom stereocenters. The summed E-state index contributed by atoms with van der Waals surface area (Å²) in [5.74, 6) is -0.0165. The molecule has 0 unspecified atom stereocenters. The number of hydrogen-bond donors (Lipinski definition) is 0. The molecule has 0 N–H and O–H groups in total. The molecule has 17 heavy (non-hydrogen) atoms. The summed E-state index contributed by atoms with van der Waals surface area (Å²) in [7, 11) is 1.68. The van der Waals surface area contributed by atoms with Gasteiger partial charge in [-0.1, -0.05) is 11.8 Å². The molecule has 0 saturated carbocycles. The zero-order valence-electron chi connectivity index (χ0n) is 9.92. The topological polar surface area (TPSA) is 55.3 Å². The van der Waals surface area contributed by atoms with Crippen LogP contribution in [-0.2, 0) is 4.74 Å². The number of carbonyl (C=O) groups excluding carboxylic acids is 1. The third kappa shape index (κ3) is 2.76. The number of aromatic nitrogens is 2. The summed E-state index contributed by atoms with van der Waals surface area (Å²) in [5.41, 5.74) is 0.541. The molecule has 5 nitrogen and oxygen atoms in total. The van der Waals surface area contributed by atoms with Crippen molar-refractivity contribution >= 4 is 17.7 Å². The van der Waals surface area contributed by atoms with Crippen LogP contribution in [0.4, 0.5) is 0 Å². The molecule has 0 aliphatic carbocycles. The summed E-state index contributed by atoms with van der Waals surface area (Å²) in [4.78, 5) is 22.1. The van der Waals surface area contributed by atoms with Crippen molar-refractivity contribution in [2.45, 2.75) is 17.7 Å². The van der Waals surface area contributed by atoms with Crippen LogP contribution in [-0.4, -0.2) is 53.3 Å². The number of rotatable bonds is 3. The number of hydrogen-bond acceptors (Lipinski definition) is 5. The number of likely N-dealkylation sites (tertiary alicyclic amines) is 1. The number of carbonyl (C=O) groups is 1. The lowest BCUT2D eigenvalue weighted by molar-refractivity contribution is 0.0723. The Morgan fingerprint density at radius 2 is 2.24 bits per heavy atom. The molecular formula is C11H15N3O2S. The highest BCUT2D eigenvalue weighted by Crippen LogP contribution is 2.15. The van der Waals surface area contributed by atoms with Gasteiger partial charge in [-0.25, -0.2) is 9.97 Å². The molecule has 0 bridgehead atoms. The fourth-order valence-electron chi connectivity index (χ4n) is 1.82. The predicted octanol–water partition coefficient (Wildman–Crippen LogP) is 1.06. The third-order valence-corrected chi connectivity index (χ3v) is 3.40. The van der Waals surface area contributed by atoms with E-state index in [9.17, 15) is 4.79 Å². The second-order valence-corrected chi connectivity index (χ2v) is 4.63. The fourth-order valence-corrected chi connectivity index (χ4v) is 2.14. The zero-order valence-corrected chi connectivity index (χ0v) is 10.7. The average molecular weight is 253 g/mol. The van der Waals surface area contributed by atoms with Gasteiger partial charge in [0.1, 0.15) is 0 Å². The maximum Gasteiger partial charge on any atom is 0.257 e. The van der Waals surface area contributed by atoms with Crippen molar-refractivity contribution in [1.29, 1.82) is 0 Å². The molecule has 0 radical (unpaired) electrons. The van der Waals surface area contributed by atoms with E-state index in [0.29, 0.717) is 17.3 Å². The molecule has 92 valence electrons. The van der Waals surface area contributed by atoms with Crippen LogP contribution in [0.1, 0.15) is 16.8 Å². The first kappa shape index (κ1) is 12.3.